The lowest BCUT2D eigenvalue weighted by Crippen LogP contribution is -1.97. The summed E-state index contributed by atoms with van der Waals surface area (Å²) >= 11 is 0. The predicted octanol–water partition coefficient (Wildman–Crippen LogP) is 2.65. The number of aromatic nitrogens is 3. The summed E-state index contributed by atoms with van der Waals surface area (Å²) in [5.74, 6) is 2.37. The molecule has 0 saturated heterocycles. The van der Waals surface area contributed by atoms with Gasteiger partial charge in [0, 0.05) is 6.20 Å². The molecular formula is C15H15N3O3. The molecular weight excluding hydrogens is 270 g/mol. The van der Waals surface area contributed by atoms with Crippen molar-refractivity contribution in [2.75, 3.05) is 21.3 Å². The van der Waals surface area contributed by atoms with Crippen LogP contribution >= 0.6 is 0 Å². The summed E-state index contributed by atoms with van der Waals surface area (Å²) in [5.41, 5.74) is 2.31. The molecule has 0 aliphatic carbocycles. The molecule has 2 heterocycles. The Balaban J connectivity index is 2.21. The van der Waals surface area contributed by atoms with E-state index >= 15 is 0 Å². The van der Waals surface area contributed by atoms with Gasteiger partial charge in [0.1, 0.15) is 5.82 Å². The minimum absolute atomic E-state index is 0.533. The fourth-order valence-electron chi connectivity index (χ4n) is 2.26. The van der Waals surface area contributed by atoms with Crippen molar-refractivity contribution in [1.82, 2.24) is 15.0 Å². The van der Waals surface area contributed by atoms with Crippen LogP contribution in [0.15, 0.2) is 30.5 Å². The number of aromatic amines is 1. The van der Waals surface area contributed by atoms with Crippen molar-refractivity contribution < 1.29 is 14.2 Å². The van der Waals surface area contributed by atoms with Crippen molar-refractivity contribution in [2.45, 2.75) is 0 Å². The van der Waals surface area contributed by atoms with Crippen LogP contribution in [0.25, 0.3) is 22.6 Å². The molecule has 0 saturated carbocycles. The molecule has 1 aromatic carbocycles. The Bertz CT molecular complexity index is 750. The van der Waals surface area contributed by atoms with Gasteiger partial charge in [0.25, 0.3) is 0 Å². The van der Waals surface area contributed by atoms with Crippen molar-refractivity contribution in [1.29, 1.82) is 0 Å². The number of nitrogens with zero attached hydrogens (tertiary/aromatic N) is 2. The Kier molecular flexibility index (Phi) is 3.35. The van der Waals surface area contributed by atoms with Gasteiger partial charge in [-0.15, -0.1) is 0 Å². The second-order valence-corrected chi connectivity index (χ2v) is 4.34. The van der Waals surface area contributed by atoms with Crippen LogP contribution in [0.2, 0.25) is 0 Å². The zero-order valence-corrected chi connectivity index (χ0v) is 12.0. The normalized spacial score (nSPS) is 10.6. The molecule has 21 heavy (non-hydrogen) atoms. The van der Waals surface area contributed by atoms with Gasteiger partial charge >= 0.3 is 0 Å². The molecule has 1 N–H and O–H groups in total. The van der Waals surface area contributed by atoms with E-state index < -0.39 is 0 Å². The predicted molar refractivity (Wildman–Crippen MR) is 79.0 cm³/mol. The van der Waals surface area contributed by atoms with Gasteiger partial charge in [-0.2, -0.15) is 0 Å². The van der Waals surface area contributed by atoms with Crippen LogP contribution in [0.4, 0.5) is 0 Å². The summed E-state index contributed by atoms with van der Waals surface area (Å²) in [5, 5.41) is 0. The quantitative estimate of drug-likeness (QED) is 0.798. The first-order valence-electron chi connectivity index (χ1n) is 6.38. The van der Waals surface area contributed by atoms with Crippen molar-refractivity contribution in [3.63, 3.8) is 0 Å². The highest BCUT2D eigenvalue weighted by Gasteiger charge is 2.19. The largest absolute Gasteiger partial charge is 0.493 e. The topological polar surface area (TPSA) is 69.3 Å². The van der Waals surface area contributed by atoms with Crippen molar-refractivity contribution >= 4 is 11.2 Å². The second-order valence-electron chi connectivity index (χ2n) is 4.34. The molecule has 108 valence electrons. The average molecular weight is 285 g/mol. The van der Waals surface area contributed by atoms with Crippen LogP contribution in [-0.2, 0) is 0 Å². The highest BCUT2D eigenvalue weighted by molar-refractivity contribution is 5.79. The highest BCUT2D eigenvalue weighted by atomic mass is 16.5. The number of H-pyrrole nitrogens is 1. The van der Waals surface area contributed by atoms with E-state index in [1.54, 1.807) is 27.5 Å². The van der Waals surface area contributed by atoms with Crippen LogP contribution in [0.5, 0.6) is 17.2 Å². The van der Waals surface area contributed by atoms with Gasteiger partial charge in [-0.05, 0) is 24.3 Å². The second kappa shape index (κ2) is 5.32. The summed E-state index contributed by atoms with van der Waals surface area (Å²) in [4.78, 5) is 11.9. The lowest BCUT2D eigenvalue weighted by atomic mass is 10.1. The van der Waals surface area contributed by atoms with Crippen molar-refractivity contribution in [3.05, 3.63) is 30.5 Å². The standard InChI is InChI=1S/C15H15N3O3/c1-19-11-7-6-9(12(20-2)13(11)21-3)14-17-10-5-4-8-16-15(10)18-14/h4-8H,1-3H3,(H,16,17,18). The van der Waals surface area contributed by atoms with Crippen LogP contribution in [0.1, 0.15) is 0 Å². The molecule has 0 aliphatic rings. The van der Waals surface area contributed by atoms with E-state index in [9.17, 15) is 0 Å². The number of rotatable bonds is 4. The third-order valence-electron chi connectivity index (χ3n) is 3.22. The molecule has 3 rings (SSSR count). The van der Waals surface area contributed by atoms with Gasteiger partial charge in [0.2, 0.25) is 5.75 Å². The number of fused-ring (bicyclic) bond motifs is 1. The molecule has 0 radical (unpaired) electrons. The van der Waals surface area contributed by atoms with E-state index in [0.29, 0.717) is 28.7 Å². The maximum atomic E-state index is 5.47. The number of imidazole rings is 1. The summed E-state index contributed by atoms with van der Waals surface area (Å²) < 4.78 is 16.1. The Hall–Kier alpha value is -2.76. The highest BCUT2D eigenvalue weighted by Crippen LogP contribution is 2.43. The minimum atomic E-state index is 0.533. The number of hydrogen-bond acceptors (Lipinski definition) is 5. The van der Waals surface area contributed by atoms with Crippen LogP contribution in [0.3, 0.4) is 0 Å². The van der Waals surface area contributed by atoms with Gasteiger partial charge in [-0.3, -0.25) is 0 Å². The zero-order chi connectivity index (χ0) is 14.8. The lowest BCUT2D eigenvalue weighted by Gasteiger charge is -2.14. The molecule has 3 aromatic rings. The Morgan fingerprint density at radius 2 is 1.76 bits per heavy atom. The smallest absolute Gasteiger partial charge is 0.204 e. The first-order valence-corrected chi connectivity index (χ1v) is 6.38. The molecule has 0 aliphatic heterocycles. The number of nitrogens with one attached hydrogen (secondary N) is 1. The number of methoxy groups -OCH3 is 3. The van der Waals surface area contributed by atoms with Crippen LogP contribution in [0, 0.1) is 0 Å². The number of benzene rings is 1. The Morgan fingerprint density at radius 3 is 2.43 bits per heavy atom. The summed E-state index contributed by atoms with van der Waals surface area (Å²) in [6.45, 7) is 0. The molecule has 6 heteroatoms. The molecule has 0 spiro atoms. The summed E-state index contributed by atoms with van der Waals surface area (Å²) in [6, 6.07) is 7.47. The molecule has 6 nitrogen and oxygen atoms in total. The first-order chi connectivity index (χ1) is 10.3. The molecule has 0 atom stereocenters. The molecule has 0 unspecified atom stereocenters. The van der Waals surface area contributed by atoms with E-state index in [4.69, 9.17) is 14.2 Å². The number of hydrogen-bond donors (Lipinski definition) is 1. The maximum absolute atomic E-state index is 5.47. The first kappa shape index (κ1) is 13.2. The Labute approximate surface area is 121 Å². The monoisotopic (exact) mass is 285 g/mol. The van der Waals surface area contributed by atoms with Gasteiger partial charge in [-0.25, -0.2) is 9.97 Å². The zero-order valence-electron chi connectivity index (χ0n) is 12.0. The van der Waals surface area contributed by atoms with E-state index in [0.717, 1.165) is 11.1 Å². The third kappa shape index (κ3) is 2.14. The SMILES string of the molecule is COc1ccc(-c2nc3ncccc3[nH]2)c(OC)c1OC. The summed E-state index contributed by atoms with van der Waals surface area (Å²) in [6.07, 6.45) is 1.71. The molecule has 0 fully saturated rings. The number of pyridine rings is 1. The fourth-order valence-corrected chi connectivity index (χ4v) is 2.26. The van der Waals surface area contributed by atoms with Gasteiger partial charge in [-0.1, -0.05) is 0 Å². The van der Waals surface area contributed by atoms with Crippen LogP contribution < -0.4 is 14.2 Å². The fraction of sp³-hybridized carbons (Fsp3) is 0.200. The minimum Gasteiger partial charge on any atom is -0.493 e. The summed E-state index contributed by atoms with van der Waals surface area (Å²) in [7, 11) is 4.74. The van der Waals surface area contributed by atoms with Crippen molar-refractivity contribution in [3.8, 4) is 28.6 Å². The van der Waals surface area contributed by atoms with Gasteiger partial charge in [0.05, 0.1) is 32.4 Å². The van der Waals surface area contributed by atoms with Gasteiger partial charge < -0.3 is 19.2 Å². The van der Waals surface area contributed by atoms with Gasteiger partial charge in [0.15, 0.2) is 17.1 Å². The third-order valence-corrected chi connectivity index (χ3v) is 3.22. The van der Waals surface area contributed by atoms with E-state index in [2.05, 4.69) is 15.0 Å². The lowest BCUT2D eigenvalue weighted by molar-refractivity contribution is 0.325. The average Bonchev–Trinajstić information content (AvgIpc) is 2.96. The van der Waals surface area contributed by atoms with E-state index in [-0.39, 0.29) is 0 Å². The molecule has 0 bridgehead atoms. The van der Waals surface area contributed by atoms with E-state index in [1.165, 1.54) is 0 Å². The van der Waals surface area contributed by atoms with Crippen molar-refractivity contribution in [2.24, 2.45) is 0 Å². The Morgan fingerprint density at radius 1 is 0.952 bits per heavy atom. The van der Waals surface area contributed by atoms with Crippen LogP contribution in [-0.4, -0.2) is 36.3 Å². The van der Waals surface area contributed by atoms with E-state index in [1.807, 2.05) is 24.3 Å². The number of ether oxygens (including phenoxy) is 3. The molecule has 2 aromatic heterocycles. The molecule has 0 amide bonds. The maximum Gasteiger partial charge on any atom is 0.204 e.